The second-order valence-electron chi connectivity index (χ2n) is 6.67. The minimum atomic E-state index is -0.201. The van der Waals surface area contributed by atoms with Gasteiger partial charge in [0.15, 0.2) is 0 Å². The molecule has 2 aromatic heterocycles. The van der Waals surface area contributed by atoms with Crippen molar-refractivity contribution < 1.29 is 14.0 Å². The zero-order valence-electron chi connectivity index (χ0n) is 15.5. The first-order valence-corrected chi connectivity index (χ1v) is 9.77. The molecule has 7 heteroatoms. The number of amides is 2. The van der Waals surface area contributed by atoms with Crippen LogP contribution < -0.4 is 10.2 Å². The zero-order valence-corrected chi connectivity index (χ0v) is 16.3. The SMILES string of the molecule is CC(C)N1C(=O)c2cccnc2Sc2cc(C(=O)NCc3ccco3)ccc21. The molecule has 142 valence electrons. The Kier molecular flexibility index (Phi) is 4.92. The average molecular weight is 393 g/mol. The van der Waals surface area contributed by atoms with Crippen LogP contribution in [0.25, 0.3) is 0 Å². The van der Waals surface area contributed by atoms with Gasteiger partial charge in [-0.15, -0.1) is 0 Å². The highest BCUT2D eigenvalue weighted by Gasteiger charge is 2.30. The van der Waals surface area contributed by atoms with Gasteiger partial charge in [0.1, 0.15) is 10.8 Å². The number of carbonyl (C=O) groups is 2. The third-order valence-corrected chi connectivity index (χ3v) is 5.49. The van der Waals surface area contributed by atoms with Gasteiger partial charge in [-0.3, -0.25) is 9.59 Å². The van der Waals surface area contributed by atoms with Crippen LogP contribution in [0.1, 0.15) is 40.3 Å². The maximum Gasteiger partial charge on any atom is 0.261 e. The van der Waals surface area contributed by atoms with Gasteiger partial charge >= 0.3 is 0 Å². The van der Waals surface area contributed by atoms with Crippen LogP contribution in [0.2, 0.25) is 0 Å². The highest BCUT2D eigenvalue weighted by Crippen LogP contribution is 2.41. The number of hydrogen-bond donors (Lipinski definition) is 1. The third kappa shape index (κ3) is 3.41. The van der Waals surface area contributed by atoms with Crippen LogP contribution >= 0.6 is 11.8 Å². The average Bonchev–Trinajstić information content (AvgIpc) is 3.17. The second-order valence-corrected chi connectivity index (χ2v) is 7.70. The highest BCUT2D eigenvalue weighted by molar-refractivity contribution is 7.99. The van der Waals surface area contributed by atoms with Crippen molar-refractivity contribution in [1.82, 2.24) is 10.3 Å². The number of benzene rings is 1. The predicted molar refractivity (Wildman–Crippen MR) is 107 cm³/mol. The Balaban J connectivity index is 1.68. The first-order valence-electron chi connectivity index (χ1n) is 8.95. The van der Waals surface area contributed by atoms with Gasteiger partial charge in [0, 0.05) is 22.7 Å². The summed E-state index contributed by atoms with van der Waals surface area (Å²) < 4.78 is 5.25. The summed E-state index contributed by atoms with van der Waals surface area (Å²) >= 11 is 1.40. The van der Waals surface area contributed by atoms with Gasteiger partial charge in [-0.1, -0.05) is 11.8 Å². The van der Waals surface area contributed by atoms with Gasteiger partial charge in [0.25, 0.3) is 11.8 Å². The molecule has 1 aliphatic heterocycles. The van der Waals surface area contributed by atoms with E-state index in [0.717, 1.165) is 10.6 Å². The smallest absolute Gasteiger partial charge is 0.261 e. The Hall–Kier alpha value is -3.06. The number of hydrogen-bond acceptors (Lipinski definition) is 5. The molecule has 3 heterocycles. The number of rotatable bonds is 4. The van der Waals surface area contributed by atoms with E-state index in [4.69, 9.17) is 4.42 Å². The normalized spacial score (nSPS) is 13.1. The summed E-state index contributed by atoms with van der Waals surface area (Å²) in [5.74, 6) is 0.402. The minimum Gasteiger partial charge on any atom is -0.467 e. The Labute approximate surface area is 166 Å². The molecule has 0 unspecified atom stereocenters. The molecule has 0 spiro atoms. The van der Waals surface area contributed by atoms with Crippen molar-refractivity contribution in [2.45, 2.75) is 36.4 Å². The summed E-state index contributed by atoms with van der Waals surface area (Å²) in [4.78, 5) is 32.6. The van der Waals surface area contributed by atoms with Gasteiger partial charge in [0.05, 0.1) is 24.1 Å². The van der Waals surface area contributed by atoms with E-state index in [2.05, 4.69) is 10.3 Å². The van der Waals surface area contributed by atoms with Gasteiger partial charge in [-0.05, 0) is 56.3 Å². The van der Waals surface area contributed by atoms with Crippen LogP contribution in [-0.2, 0) is 6.54 Å². The fraction of sp³-hybridized carbons (Fsp3) is 0.190. The molecule has 4 rings (SSSR count). The van der Waals surface area contributed by atoms with Crippen molar-refractivity contribution in [3.8, 4) is 0 Å². The van der Waals surface area contributed by atoms with E-state index in [0.29, 0.717) is 28.5 Å². The summed E-state index contributed by atoms with van der Waals surface area (Å²) in [7, 11) is 0. The summed E-state index contributed by atoms with van der Waals surface area (Å²) in [6.07, 6.45) is 3.24. The van der Waals surface area contributed by atoms with Gasteiger partial charge in [-0.2, -0.15) is 0 Å². The molecule has 3 aromatic rings. The molecule has 1 aromatic carbocycles. The van der Waals surface area contributed by atoms with Crippen molar-refractivity contribution in [2.24, 2.45) is 0 Å². The van der Waals surface area contributed by atoms with E-state index in [1.165, 1.54) is 11.8 Å². The lowest BCUT2D eigenvalue weighted by Gasteiger charge is -2.27. The van der Waals surface area contributed by atoms with Crippen LogP contribution in [0, 0.1) is 0 Å². The number of pyridine rings is 1. The van der Waals surface area contributed by atoms with Crippen molar-refractivity contribution in [3.63, 3.8) is 0 Å². The zero-order chi connectivity index (χ0) is 19.7. The maximum absolute atomic E-state index is 13.1. The molecule has 0 fully saturated rings. The molecule has 6 nitrogen and oxygen atoms in total. The lowest BCUT2D eigenvalue weighted by molar-refractivity contribution is 0.0946. The van der Waals surface area contributed by atoms with E-state index < -0.39 is 0 Å². The van der Waals surface area contributed by atoms with E-state index in [1.54, 1.807) is 41.6 Å². The van der Waals surface area contributed by atoms with E-state index in [9.17, 15) is 9.59 Å². The van der Waals surface area contributed by atoms with Crippen molar-refractivity contribution in [2.75, 3.05) is 4.90 Å². The Bertz CT molecular complexity index is 1030. The quantitative estimate of drug-likeness (QED) is 0.721. The number of furan rings is 1. The Morgan fingerprint density at radius 3 is 2.86 bits per heavy atom. The largest absolute Gasteiger partial charge is 0.467 e. The van der Waals surface area contributed by atoms with Crippen molar-refractivity contribution in [3.05, 3.63) is 71.8 Å². The number of nitrogens with one attached hydrogen (secondary N) is 1. The van der Waals surface area contributed by atoms with E-state index in [-0.39, 0.29) is 17.9 Å². The Morgan fingerprint density at radius 1 is 1.25 bits per heavy atom. The molecule has 0 radical (unpaired) electrons. The molecule has 0 atom stereocenters. The summed E-state index contributed by atoms with van der Waals surface area (Å²) in [6, 6.07) is 12.5. The monoisotopic (exact) mass is 393 g/mol. The lowest BCUT2D eigenvalue weighted by atomic mass is 10.1. The molecule has 0 bridgehead atoms. The highest BCUT2D eigenvalue weighted by atomic mass is 32.2. The molecule has 2 amide bonds. The van der Waals surface area contributed by atoms with Crippen LogP contribution in [0.4, 0.5) is 5.69 Å². The van der Waals surface area contributed by atoms with Crippen LogP contribution in [-0.4, -0.2) is 22.8 Å². The molecule has 0 saturated heterocycles. The number of carbonyl (C=O) groups excluding carboxylic acids is 2. The van der Waals surface area contributed by atoms with E-state index >= 15 is 0 Å². The van der Waals surface area contributed by atoms with Gasteiger partial charge in [-0.25, -0.2) is 4.98 Å². The second kappa shape index (κ2) is 7.52. The maximum atomic E-state index is 13.1. The summed E-state index contributed by atoms with van der Waals surface area (Å²) in [5, 5.41) is 3.49. The van der Waals surface area contributed by atoms with Gasteiger partial charge < -0.3 is 14.6 Å². The number of anilines is 1. The van der Waals surface area contributed by atoms with Crippen LogP contribution in [0.15, 0.2) is 69.3 Å². The molecule has 28 heavy (non-hydrogen) atoms. The molecular formula is C21H19N3O3S. The summed E-state index contributed by atoms with van der Waals surface area (Å²) in [6.45, 7) is 4.26. The number of fused-ring (bicyclic) bond motifs is 2. The minimum absolute atomic E-state index is 0.0309. The molecule has 0 aliphatic carbocycles. The Morgan fingerprint density at radius 2 is 2.11 bits per heavy atom. The summed E-state index contributed by atoms with van der Waals surface area (Å²) in [5.41, 5.74) is 1.88. The van der Waals surface area contributed by atoms with Crippen LogP contribution in [0.5, 0.6) is 0 Å². The molecule has 1 N–H and O–H groups in total. The van der Waals surface area contributed by atoms with Crippen LogP contribution in [0.3, 0.4) is 0 Å². The molecule has 1 aliphatic rings. The number of nitrogens with zero attached hydrogens (tertiary/aromatic N) is 2. The first kappa shape index (κ1) is 18.3. The predicted octanol–water partition coefficient (Wildman–Crippen LogP) is 4.12. The fourth-order valence-electron chi connectivity index (χ4n) is 3.11. The first-order chi connectivity index (χ1) is 13.5. The standard InChI is InChI=1S/C21H19N3O3S/c1-13(2)24-17-8-7-14(19(25)23-12-15-5-4-10-27-15)11-18(17)28-20-16(21(24)26)6-3-9-22-20/h3-11,13H,12H2,1-2H3,(H,23,25). The van der Waals surface area contributed by atoms with Crippen molar-refractivity contribution >= 4 is 29.3 Å². The fourth-order valence-corrected chi connectivity index (χ4v) is 4.15. The third-order valence-electron chi connectivity index (χ3n) is 4.43. The van der Waals surface area contributed by atoms with Crippen molar-refractivity contribution in [1.29, 1.82) is 0 Å². The lowest BCUT2D eigenvalue weighted by Crippen LogP contribution is -2.37. The van der Waals surface area contributed by atoms with Gasteiger partial charge in [0.2, 0.25) is 0 Å². The topological polar surface area (TPSA) is 75.4 Å². The molecular weight excluding hydrogens is 374 g/mol. The molecule has 0 saturated carbocycles. The number of aromatic nitrogens is 1. The van der Waals surface area contributed by atoms with E-state index in [1.807, 2.05) is 32.0 Å².